The Bertz CT molecular complexity index is 3190. The van der Waals surface area contributed by atoms with Crippen LogP contribution in [0.1, 0.15) is 53.5 Å². The maximum absolute atomic E-state index is 14.3. The number of fused-ring (bicyclic) bond motifs is 1. The number of aliphatic hydroxyl groups excluding tert-OH is 2. The highest BCUT2D eigenvalue weighted by atomic mass is 35.5. The van der Waals surface area contributed by atoms with Crippen molar-refractivity contribution >= 4 is 98.3 Å². The van der Waals surface area contributed by atoms with Crippen molar-refractivity contribution in [2.24, 2.45) is 5.41 Å². The molecule has 0 aliphatic carbocycles. The number of phosphoric acid groups is 3. The Hall–Kier alpha value is -4.94. The maximum Gasteiger partial charge on any atom is 0.481 e. The van der Waals surface area contributed by atoms with Crippen LogP contribution in [0.25, 0.3) is 11.2 Å². The molecule has 80 heavy (non-hydrogen) atoms. The number of ether oxygens (including phenoxy) is 1. The number of benzene rings is 3. The zero-order chi connectivity index (χ0) is 59.0. The van der Waals surface area contributed by atoms with E-state index in [9.17, 15) is 75.8 Å². The Morgan fingerprint density at radius 3 is 2.27 bits per heavy atom. The number of nitrogens with two attached hydrogens (primary N) is 1. The number of aliphatic hydroxyl groups is 2. The number of halogens is 5. The minimum atomic E-state index is -5.67. The van der Waals surface area contributed by atoms with Crippen molar-refractivity contribution in [2.75, 3.05) is 37.8 Å². The average molecular weight is 1250 g/mol. The van der Waals surface area contributed by atoms with Gasteiger partial charge >= 0.3 is 29.6 Å². The fourth-order valence-corrected chi connectivity index (χ4v) is 11.8. The molecule has 8 unspecified atom stereocenters. The molecule has 1 saturated heterocycles. The van der Waals surface area contributed by atoms with Gasteiger partial charge in [0.05, 0.1) is 35.7 Å². The molecule has 436 valence electrons. The standard InChI is InChI=1S/C45H52Cl2F3N8O18P3S/c1-44(2,22-73-79(70,71)76-78(68,69)72-21-32-36(75-77(65,66)67)35(60)42(74-32)58-24-56-34-38(51)54-23-55-39(34)58)37(61)40(62)53-14-13-33(59)52-15-16-80-43(64)31(18-25-7-4-3-5-8-25)57(41(63)29-12-11-28(46)19-30(29)47)20-26-9-6-10-27(17-26)45(48,49)50/h3-12,17,19,23-24,31-32,35-37,42,60-61H,13-16,18,20-22H2,1-2H3,(H,52,59)(H,53,62)(H,68,69)(H,70,71)(H2,51,54,55)(H2,65,66,67). The van der Waals surface area contributed by atoms with Gasteiger partial charge in [-0.05, 0) is 41.5 Å². The van der Waals surface area contributed by atoms with Crippen LogP contribution >= 0.6 is 58.4 Å². The van der Waals surface area contributed by atoms with Gasteiger partial charge < -0.3 is 55.8 Å². The van der Waals surface area contributed by atoms with Crippen LogP contribution in [0, 0.1) is 5.41 Å². The number of nitrogens with one attached hydrogen (secondary N) is 2. The van der Waals surface area contributed by atoms with Crippen LogP contribution in [0.2, 0.25) is 10.0 Å². The number of aromatic nitrogens is 4. The molecule has 1 fully saturated rings. The van der Waals surface area contributed by atoms with E-state index in [1.807, 2.05) is 0 Å². The van der Waals surface area contributed by atoms with E-state index in [0.29, 0.717) is 5.56 Å². The third-order valence-corrected chi connectivity index (χ3v) is 16.3. The Morgan fingerprint density at radius 2 is 1.60 bits per heavy atom. The molecule has 0 radical (unpaired) electrons. The SMILES string of the molecule is CC(C)(COP(=O)(O)OP(=O)(O)OCC1OC(n2cnc3c(N)ncnc32)C(O)C1OP(=O)(O)O)C(O)C(=O)NCCC(=O)NCCSC(=O)C(Cc1ccccc1)N(Cc1cccc(C(F)(F)F)c1)C(=O)c1ccc(Cl)cc1Cl. The number of alkyl halides is 3. The van der Waals surface area contributed by atoms with Crippen LogP contribution in [0.15, 0.2) is 85.5 Å². The lowest BCUT2D eigenvalue weighted by Crippen LogP contribution is -2.46. The van der Waals surface area contributed by atoms with Gasteiger partial charge in [0.1, 0.15) is 42.3 Å². The summed E-state index contributed by atoms with van der Waals surface area (Å²) in [5.74, 6) is -2.61. The number of carbonyl (C=O) groups is 4. The molecule has 3 aromatic carbocycles. The highest BCUT2D eigenvalue weighted by Crippen LogP contribution is 2.61. The number of thioether (sulfide) groups is 1. The van der Waals surface area contributed by atoms with E-state index in [2.05, 4.69) is 34.4 Å². The lowest BCUT2D eigenvalue weighted by molar-refractivity contribution is -0.138. The maximum atomic E-state index is 14.3. The van der Waals surface area contributed by atoms with Gasteiger partial charge in [0.25, 0.3) is 5.91 Å². The zero-order valence-electron chi connectivity index (χ0n) is 41.7. The first-order valence-electron chi connectivity index (χ1n) is 23.4. The molecule has 0 spiro atoms. The number of carbonyl (C=O) groups excluding carboxylic acids is 4. The summed E-state index contributed by atoms with van der Waals surface area (Å²) in [7, 11) is -16.7. The van der Waals surface area contributed by atoms with Gasteiger partial charge in [0, 0.05) is 48.7 Å². The highest BCUT2D eigenvalue weighted by Gasteiger charge is 2.50. The molecule has 10 N–H and O–H groups in total. The summed E-state index contributed by atoms with van der Waals surface area (Å²) in [5, 5.41) is 26.2. The van der Waals surface area contributed by atoms with Crippen molar-refractivity contribution in [1.82, 2.24) is 35.1 Å². The van der Waals surface area contributed by atoms with Gasteiger partial charge in [-0.3, -0.25) is 37.3 Å². The van der Waals surface area contributed by atoms with Gasteiger partial charge in [0.2, 0.25) is 16.9 Å². The molecule has 0 bridgehead atoms. The Balaban J connectivity index is 0.985. The Labute approximate surface area is 466 Å². The van der Waals surface area contributed by atoms with Crippen molar-refractivity contribution in [3.05, 3.63) is 118 Å². The number of nitrogens with zero attached hydrogens (tertiary/aromatic N) is 5. The summed E-state index contributed by atoms with van der Waals surface area (Å²) >= 11 is 13.2. The monoisotopic (exact) mass is 1240 g/mol. The number of anilines is 1. The van der Waals surface area contributed by atoms with Gasteiger partial charge in [-0.15, -0.1) is 0 Å². The third kappa shape index (κ3) is 17.8. The zero-order valence-corrected chi connectivity index (χ0v) is 46.8. The number of imidazole rings is 1. The molecule has 6 rings (SSSR count). The minimum absolute atomic E-state index is 0.00266. The summed E-state index contributed by atoms with van der Waals surface area (Å²) in [5.41, 5.74) is 3.74. The van der Waals surface area contributed by atoms with Gasteiger partial charge in [0.15, 0.2) is 17.7 Å². The summed E-state index contributed by atoms with van der Waals surface area (Å²) in [6.45, 7) is -0.691. The Kier molecular flexibility index (Phi) is 21.7. The second kappa shape index (κ2) is 27.0. The van der Waals surface area contributed by atoms with Crippen LogP contribution < -0.4 is 16.4 Å². The molecule has 1 aliphatic rings. The van der Waals surface area contributed by atoms with E-state index in [1.54, 1.807) is 30.3 Å². The van der Waals surface area contributed by atoms with E-state index in [-0.39, 0.29) is 69.8 Å². The summed E-state index contributed by atoms with van der Waals surface area (Å²) in [6, 6.07) is 15.6. The second-order valence-electron chi connectivity index (χ2n) is 18.2. The fraction of sp³-hybridized carbons (Fsp3) is 0.400. The van der Waals surface area contributed by atoms with E-state index >= 15 is 0 Å². The first-order valence-corrected chi connectivity index (χ1v) is 29.6. The summed E-state index contributed by atoms with van der Waals surface area (Å²) in [4.78, 5) is 107. The number of rotatable bonds is 26. The predicted octanol–water partition coefficient (Wildman–Crippen LogP) is 4.94. The molecule has 0 saturated carbocycles. The predicted molar refractivity (Wildman–Crippen MR) is 279 cm³/mol. The quantitative estimate of drug-likeness (QED) is 0.0261. The Morgan fingerprint density at radius 1 is 0.912 bits per heavy atom. The van der Waals surface area contributed by atoms with Crippen LogP contribution in [0.3, 0.4) is 0 Å². The number of nitrogen functional groups attached to an aromatic ring is 1. The molecule has 3 heterocycles. The lowest BCUT2D eigenvalue weighted by Gasteiger charge is -2.31. The number of phosphoric ester groups is 3. The molecule has 8 atom stereocenters. The normalized spacial score (nSPS) is 19.2. The number of amides is 3. The van der Waals surface area contributed by atoms with E-state index < -0.39 is 120 Å². The lowest BCUT2D eigenvalue weighted by atomic mass is 9.87. The van der Waals surface area contributed by atoms with Gasteiger partial charge in [-0.1, -0.05) is 91.3 Å². The van der Waals surface area contributed by atoms with Crippen LogP contribution in [-0.4, -0.2) is 140 Å². The summed E-state index contributed by atoms with van der Waals surface area (Å²) in [6.07, 6.45) is -12.3. The van der Waals surface area contributed by atoms with Crippen molar-refractivity contribution in [3.63, 3.8) is 0 Å². The smallest absolute Gasteiger partial charge is 0.386 e. The molecule has 1 aliphatic heterocycles. The first-order chi connectivity index (χ1) is 37.3. The molecule has 35 heteroatoms. The van der Waals surface area contributed by atoms with E-state index in [4.69, 9.17) is 42.7 Å². The van der Waals surface area contributed by atoms with Crippen LogP contribution in [0.4, 0.5) is 19.0 Å². The highest BCUT2D eigenvalue weighted by molar-refractivity contribution is 8.13. The van der Waals surface area contributed by atoms with Crippen molar-refractivity contribution in [3.8, 4) is 0 Å². The minimum Gasteiger partial charge on any atom is -0.386 e. The van der Waals surface area contributed by atoms with E-state index in [1.165, 1.54) is 44.2 Å². The fourth-order valence-electron chi connectivity index (χ4n) is 7.72. The summed E-state index contributed by atoms with van der Waals surface area (Å²) < 4.78 is 104. The third-order valence-electron chi connectivity index (χ3n) is 11.7. The van der Waals surface area contributed by atoms with Crippen molar-refractivity contribution in [1.29, 1.82) is 0 Å². The average Bonchev–Trinajstić information content (AvgIpc) is 3.94. The topological polar surface area (TPSA) is 384 Å². The molecule has 26 nitrogen and oxygen atoms in total. The number of hydrogen-bond donors (Lipinski definition) is 9. The van der Waals surface area contributed by atoms with E-state index in [0.717, 1.165) is 46.0 Å². The molecular weight excluding hydrogens is 1190 g/mol. The molecule has 5 aromatic rings. The van der Waals surface area contributed by atoms with Crippen LogP contribution in [0.5, 0.6) is 0 Å². The van der Waals surface area contributed by atoms with Gasteiger partial charge in [-0.2, -0.15) is 17.5 Å². The largest absolute Gasteiger partial charge is 0.481 e. The van der Waals surface area contributed by atoms with Gasteiger partial charge in [-0.25, -0.2) is 28.6 Å². The van der Waals surface area contributed by atoms with Crippen LogP contribution in [-0.2, 0) is 69.8 Å². The molecular formula is C45H52Cl2F3N8O18P3S. The molecule has 3 amide bonds. The second-order valence-corrected chi connectivity index (χ2v) is 24.4. The van der Waals surface area contributed by atoms with Crippen molar-refractivity contribution in [2.45, 2.75) is 76.1 Å². The molecule has 2 aromatic heterocycles. The first kappa shape index (κ1) is 64.2. The number of hydrogen-bond acceptors (Lipinski definition) is 19. The van der Waals surface area contributed by atoms with Crippen molar-refractivity contribution < 1.29 is 98.4 Å².